The lowest BCUT2D eigenvalue weighted by Gasteiger charge is -2.19. The fourth-order valence-corrected chi connectivity index (χ4v) is 3.98. The maximum absolute atomic E-state index is 15.0. The number of aromatic nitrogens is 1. The molecule has 2 N–H and O–H groups in total. The van der Waals surface area contributed by atoms with Gasteiger partial charge in [0, 0.05) is 45.7 Å². The molecule has 0 bridgehead atoms. The Hall–Kier alpha value is -1.27. The molecule has 0 saturated heterocycles. The number of ether oxygens (including phenoxy) is 1. The van der Waals surface area contributed by atoms with Crippen LogP contribution in [-0.2, 0) is 0 Å². The predicted molar refractivity (Wildman–Crippen MR) is 122 cm³/mol. The number of hydrazine groups is 1. The third-order valence-corrected chi connectivity index (χ3v) is 6.11. The van der Waals surface area contributed by atoms with Gasteiger partial charge in [-0.3, -0.25) is 0 Å². The molecule has 30 heavy (non-hydrogen) atoms. The Morgan fingerprint density at radius 1 is 1.40 bits per heavy atom. The van der Waals surface area contributed by atoms with E-state index >= 15 is 0 Å². The first kappa shape index (κ1) is 26.8. The SMILES string of the molecule is C/C=C/C(=C\C(=C\C(C)CC)N(C)N)c1cnc(OC(C)C(F)(F)F)c(F)c1SI. The highest BCUT2D eigenvalue weighted by Gasteiger charge is 2.39. The van der Waals surface area contributed by atoms with E-state index in [4.69, 9.17) is 10.6 Å². The number of alkyl halides is 3. The molecule has 0 saturated carbocycles. The van der Waals surface area contributed by atoms with E-state index in [2.05, 4.69) is 11.9 Å². The highest BCUT2D eigenvalue weighted by molar-refractivity contribution is 14.2. The van der Waals surface area contributed by atoms with Crippen molar-refractivity contribution in [3.8, 4) is 5.88 Å². The maximum Gasteiger partial charge on any atom is 0.425 e. The summed E-state index contributed by atoms with van der Waals surface area (Å²) in [5, 5.41) is 1.46. The topological polar surface area (TPSA) is 51.4 Å². The van der Waals surface area contributed by atoms with Crippen LogP contribution in [0.5, 0.6) is 5.88 Å². The molecule has 0 aromatic carbocycles. The van der Waals surface area contributed by atoms with Gasteiger partial charge >= 0.3 is 6.18 Å². The zero-order valence-corrected chi connectivity index (χ0v) is 20.4. The number of likely N-dealkylation sites (N-methyl/N-ethyl adjacent to an activating group) is 1. The minimum absolute atomic E-state index is 0.127. The second-order valence-electron chi connectivity index (χ2n) is 6.69. The van der Waals surface area contributed by atoms with Crippen LogP contribution in [-0.4, -0.2) is 29.3 Å². The molecular formula is C20H26F4IN3OS. The number of rotatable bonds is 9. The fraction of sp³-hybridized carbons (Fsp3) is 0.450. The van der Waals surface area contributed by atoms with Crippen molar-refractivity contribution in [3.05, 3.63) is 47.6 Å². The van der Waals surface area contributed by atoms with E-state index in [-0.39, 0.29) is 10.8 Å². The Kier molecular flexibility index (Phi) is 10.7. The number of hydrogen-bond acceptors (Lipinski definition) is 5. The third kappa shape index (κ3) is 7.45. The first-order valence-corrected chi connectivity index (χ1v) is 12.6. The van der Waals surface area contributed by atoms with E-state index in [9.17, 15) is 17.6 Å². The molecule has 1 aromatic rings. The number of hydrogen-bond donors (Lipinski definition) is 1. The largest absolute Gasteiger partial charge is 0.463 e. The summed E-state index contributed by atoms with van der Waals surface area (Å²) in [6.45, 7) is 6.71. The fourth-order valence-electron chi connectivity index (χ4n) is 2.28. The molecule has 0 radical (unpaired) electrons. The number of pyridine rings is 1. The Bertz CT molecular complexity index is 810. The molecule has 0 aliphatic carbocycles. The first-order chi connectivity index (χ1) is 14.0. The van der Waals surface area contributed by atoms with E-state index in [0.717, 1.165) is 22.3 Å². The molecule has 0 aliphatic rings. The number of allylic oxidation sites excluding steroid dienone is 5. The second-order valence-corrected chi connectivity index (χ2v) is 8.57. The quantitative estimate of drug-likeness (QED) is 0.120. The summed E-state index contributed by atoms with van der Waals surface area (Å²) in [6.07, 6.45) is 2.74. The van der Waals surface area contributed by atoms with Crippen molar-refractivity contribution < 1.29 is 22.3 Å². The Labute approximate surface area is 191 Å². The molecule has 2 unspecified atom stereocenters. The third-order valence-electron chi connectivity index (χ3n) is 4.24. The van der Waals surface area contributed by atoms with Crippen molar-refractivity contribution in [1.29, 1.82) is 0 Å². The van der Waals surface area contributed by atoms with Gasteiger partial charge in [0.05, 0.1) is 4.90 Å². The van der Waals surface area contributed by atoms with Gasteiger partial charge in [0.25, 0.3) is 5.88 Å². The molecule has 4 nitrogen and oxygen atoms in total. The summed E-state index contributed by atoms with van der Waals surface area (Å²) in [4.78, 5) is 3.95. The number of halogens is 5. The van der Waals surface area contributed by atoms with Gasteiger partial charge in [0.15, 0.2) is 11.9 Å². The van der Waals surface area contributed by atoms with Gasteiger partial charge in [-0.1, -0.05) is 38.5 Å². The molecular weight excluding hydrogens is 533 g/mol. The summed E-state index contributed by atoms with van der Waals surface area (Å²) >= 11 is 1.88. The van der Waals surface area contributed by atoms with Crippen LogP contribution >= 0.6 is 30.1 Å². The lowest BCUT2D eigenvalue weighted by Crippen LogP contribution is -2.31. The molecule has 168 valence electrons. The summed E-state index contributed by atoms with van der Waals surface area (Å²) in [6, 6.07) is 0. The predicted octanol–water partition coefficient (Wildman–Crippen LogP) is 6.69. The molecule has 0 amide bonds. The van der Waals surface area contributed by atoms with E-state index in [1.807, 2.05) is 34.2 Å². The van der Waals surface area contributed by atoms with Gasteiger partial charge in [0.1, 0.15) is 0 Å². The van der Waals surface area contributed by atoms with Gasteiger partial charge in [-0.05, 0) is 40.3 Å². The molecule has 0 spiro atoms. The lowest BCUT2D eigenvalue weighted by molar-refractivity contribution is -0.190. The van der Waals surface area contributed by atoms with Crippen LogP contribution in [0.3, 0.4) is 0 Å². The first-order valence-electron chi connectivity index (χ1n) is 9.21. The standard InChI is InChI=1S/C20H26F4IN3OS/c1-6-8-14(10-15(28(5)26)9-12(3)7-2)16-11-27-19(17(21)18(16)30-25)29-13(4)20(22,23)24/h6,8-13H,7,26H2,1-5H3/b8-6+,14-10+,15-9-. The summed E-state index contributed by atoms with van der Waals surface area (Å²) in [5.74, 6) is 4.60. The Morgan fingerprint density at radius 2 is 2.03 bits per heavy atom. The Balaban J connectivity index is 3.54. The average Bonchev–Trinajstić information content (AvgIpc) is 2.67. The summed E-state index contributed by atoms with van der Waals surface area (Å²) < 4.78 is 58.0. The zero-order chi connectivity index (χ0) is 23.1. The maximum atomic E-state index is 15.0. The van der Waals surface area contributed by atoms with Gasteiger partial charge in [-0.2, -0.15) is 17.6 Å². The van der Waals surface area contributed by atoms with E-state index in [1.54, 1.807) is 32.2 Å². The van der Waals surface area contributed by atoms with E-state index in [0.29, 0.717) is 16.8 Å². The van der Waals surface area contributed by atoms with Gasteiger partial charge < -0.3 is 9.75 Å². The van der Waals surface area contributed by atoms with Gasteiger partial charge in [-0.25, -0.2) is 10.8 Å². The van der Waals surface area contributed by atoms with Crippen LogP contribution in [0.1, 0.15) is 39.7 Å². The van der Waals surface area contributed by atoms with Crippen LogP contribution in [0.25, 0.3) is 5.57 Å². The minimum Gasteiger partial charge on any atom is -0.463 e. The number of nitrogens with two attached hydrogens (primary N) is 1. The highest BCUT2D eigenvalue weighted by atomic mass is 127. The van der Waals surface area contributed by atoms with Crippen LogP contribution < -0.4 is 10.6 Å². The lowest BCUT2D eigenvalue weighted by atomic mass is 10.0. The van der Waals surface area contributed by atoms with E-state index in [1.165, 1.54) is 11.2 Å². The minimum atomic E-state index is -4.62. The van der Waals surface area contributed by atoms with Crippen molar-refractivity contribution >= 4 is 35.7 Å². The molecule has 1 heterocycles. The van der Waals surface area contributed by atoms with Gasteiger partial charge in [-0.15, -0.1) is 0 Å². The molecule has 0 fully saturated rings. The van der Waals surface area contributed by atoms with Crippen molar-refractivity contribution in [2.24, 2.45) is 11.8 Å². The number of nitrogens with zero attached hydrogens (tertiary/aromatic N) is 2. The molecule has 10 heteroatoms. The van der Waals surface area contributed by atoms with Crippen LogP contribution in [0.2, 0.25) is 0 Å². The van der Waals surface area contributed by atoms with Crippen LogP contribution in [0.4, 0.5) is 17.6 Å². The molecule has 1 aromatic heterocycles. The van der Waals surface area contributed by atoms with Crippen LogP contribution in [0.15, 0.2) is 41.1 Å². The second kappa shape index (κ2) is 11.9. The average molecular weight is 559 g/mol. The van der Waals surface area contributed by atoms with Crippen LogP contribution in [0, 0.1) is 11.7 Å². The monoisotopic (exact) mass is 559 g/mol. The summed E-state index contributed by atoms with van der Waals surface area (Å²) in [5.41, 5.74) is 1.76. The zero-order valence-electron chi connectivity index (χ0n) is 17.4. The Morgan fingerprint density at radius 3 is 2.50 bits per heavy atom. The van der Waals surface area contributed by atoms with Crippen molar-refractivity contribution in [2.45, 2.75) is 51.3 Å². The highest BCUT2D eigenvalue weighted by Crippen LogP contribution is 2.39. The normalized spacial score (nSPS) is 15.4. The van der Waals surface area contributed by atoms with Crippen molar-refractivity contribution in [1.82, 2.24) is 9.99 Å². The van der Waals surface area contributed by atoms with Gasteiger partial charge in [0.2, 0.25) is 0 Å². The van der Waals surface area contributed by atoms with Crippen molar-refractivity contribution in [3.63, 3.8) is 0 Å². The molecule has 0 aliphatic heterocycles. The summed E-state index contributed by atoms with van der Waals surface area (Å²) in [7, 11) is 2.73. The smallest absolute Gasteiger partial charge is 0.425 e. The van der Waals surface area contributed by atoms with E-state index < -0.39 is 24.0 Å². The van der Waals surface area contributed by atoms with Crippen molar-refractivity contribution in [2.75, 3.05) is 7.05 Å². The molecule has 2 atom stereocenters. The molecule has 1 rings (SSSR count).